The number of aryl methyl sites for hydroxylation is 1. The molecule has 2 aliphatic rings. The molecule has 36 heavy (non-hydrogen) atoms. The van der Waals surface area contributed by atoms with Crippen LogP contribution in [-0.4, -0.2) is 52.8 Å². The summed E-state index contributed by atoms with van der Waals surface area (Å²) < 4.78 is 25.4. The number of likely N-dealkylation sites (tertiary alicyclic amines) is 1. The molecule has 0 N–H and O–H groups in total. The van der Waals surface area contributed by atoms with Gasteiger partial charge in [-0.15, -0.1) is 6.58 Å². The van der Waals surface area contributed by atoms with Crippen LogP contribution >= 0.6 is 0 Å². The fraction of sp³-hybridized carbons (Fsp3) is 0.500. The van der Waals surface area contributed by atoms with Gasteiger partial charge in [0.05, 0.1) is 36.8 Å². The number of hydrogen-bond donors (Lipinski definition) is 0. The van der Waals surface area contributed by atoms with E-state index >= 15 is 0 Å². The summed E-state index contributed by atoms with van der Waals surface area (Å²) in [5.74, 6) is -1.36. The smallest absolute Gasteiger partial charge is 0.328 e. The van der Waals surface area contributed by atoms with Gasteiger partial charge in [0.2, 0.25) is 5.91 Å². The van der Waals surface area contributed by atoms with Crippen molar-refractivity contribution in [3.8, 4) is 5.75 Å². The van der Waals surface area contributed by atoms with Crippen molar-refractivity contribution in [2.45, 2.75) is 70.4 Å². The first-order chi connectivity index (χ1) is 17.2. The Morgan fingerprint density at radius 1 is 1.36 bits per heavy atom. The number of nitrogens with zero attached hydrogens (tertiary/aromatic N) is 2. The molecule has 2 aliphatic heterocycles. The van der Waals surface area contributed by atoms with Gasteiger partial charge in [0.15, 0.2) is 11.5 Å². The van der Waals surface area contributed by atoms with E-state index in [1.54, 1.807) is 6.92 Å². The third-order valence-electron chi connectivity index (χ3n) is 7.28. The number of hydrogen-bond acceptors (Lipinski definition) is 6. The number of Topliss-reactive ketones (excluding diaryl/α,β-unsaturated/α-hetero) is 1. The minimum Gasteiger partial charge on any atom is -0.482 e. The lowest BCUT2D eigenvalue weighted by Crippen LogP contribution is -2.47. The molecule has 192 valence electrons. The normalized spacial score (nSPS) is 21.8. The fourth-order valence-corrected chi connectivity index (χ4v) is 5.43. The Morgan fingerprint density at radius 2 is 2.14 bits per heavy atom. The summed E-state index contributed by atoms with van der Waals surface area (Å²) in [5, 5.41) is 0.399. The zero-order valence-corrected chi connectivity index (χ0v) is 21.1. The van der Waals surface area contributed by atoms with Crippen molar-refractivity contribution in [1.29, 1.82) is 0 Å². The van der Waals surface area contributed by atoms with Crippen molar-refractivity contribution < 1.29 is 28.2 Å². The van der Waals surface area contributed by atoms with Crippen LogP contribution in [0, 0.1) is 18.7 Å². The highest BCUT2D eigenvalue weighted by atomic mass is 19.1. The summed E-state index contributed by atoms with van der Waals surface area (Å²) in [4.78, 5) is 45.6. The van der Waals surface area contributed by atoms with Crippen molar-refractivity contribution in [3.05, 3.63) is 47.9 Å². The van der Waals surface area contributed by atoms with E-state index in [4.69, 9.17) is 9.47 Å². The molecule has 0 saturated carbocycles. The number of pyridine rings is 1. The van der Waals surface area contributed by atoms with E-state index in [1.165, 1.54) is 30.2 Å². The number of carbonyl (C=O) groups is 3. The summed E-state index contributed by atoms with van der Waals surface area (Å²) in [6, 6.07) is 3.29. The number of benzene rings is 1. The molecule has 1 spiro atoms. The minimum absolute atomic E-state index is 0.0255. The number of methoxy groups -OCH3 is 1. The molecule has 3 atom stereocenters. The van der Waals surface area contributed by atoms with Crippen molar-refractivity contribution >= 4 is 28.6 Å². The number of amides is 1. The summed E-state index contributed by atoms with van der Waals surface area (Å²) in [5.41, 5.74) is 0.243. The monoisotopic (exact) mass is 496 g/mol. The second-order valence-electron chi connectivity index (χ2n) is 9.98. The van der Waals surface area contributed by atoms with E-state index in [1.807, 2.05) is 13.0 Å². The molecule has 3 heterocycles. The summed E-state index contributed by atoms with van der Waals surface area (Å²) in [7, 11) is 1.29. The van der Waals surface area contributed by atoms with Gasteiger partial charge in [0, 0.05) is 17.7 Å². The lowest BCUT2D eigenvalue weighted by molar-refractivity contribution is -0.152. The zero-order chi connectivity index (χ0) is 26.0. The Kier molecular flexibility index (Phi) is 7.43. The van der Waals surface area contributed by atoms with Crippen LogP contribution < -0.4 is 4.74 Å². The highest BCUT2D eigenvalue weighted by Crippen LogP contribution is 2.45. The quantitative estimate of drug-likeness (QED) is 0.293. The highest BCUT2D eigenvalue weighted by molar-refractivity contribution is 6.11. The number of ether oxygens (including phenoxy) is 2. The molecule has 1 fully saturated rings. The summed E-state index contributed by atoms with van der Waals surface area (Å²) in [6.45, 7) is 7.43. The van der Waals surface area contributed by atoms with Crippen molar-refractivity contribution in [1.82, 2.24) is 9.88 Å². The van der Waals surface area contributed by atoms with Gasteiger partial charge in [-0.25, -0.2) is 14.2 Å². The molecule has 4 rings (SSSR count). The molecule has 1 aromatic heterocycles. The molecule has 0 radical (unpaired) electrons. The van der Waals surface area contributed by atoms with Crippen LogP contribution in [0.15, 0.2) is 30.9 Å². The molecular weight excluding hydrogens is 463 g/mol. The Bertz CT molecular complexity index is 1210. The number of allylic oxidation sites excluding steroid dienone is 1. The predicted molar refractivity (Wildman–Crippen MR) is 133 cm³/mol. The molecule has 0 unspecified atom stereocenters. The maximum Gasteiger partial charge on any atom is 0.328 e. The Hall–Kier alpha value is -3.29. The van der Waals surface area contributed by atoms with Crippen LogP contribution in [0.1, 0.15) is 67.9 Å². The average molecular weight is 497 g/mol. The number of carbonyl (C=O) groups excluding carboxylic acids is 3. The average Bonchev–Trinajstić information content (AvgIpc) is 3.21. The van der Waals surface area contributed by atoms with E-state index in [9.17, 15) is 18.8 Å². The molecule has 0 aliphatic carbocycles. The number of esters is 1. The van der Waals surface area contributed by atoms with Crippen molar-refractivity contribution in [3.63, 3.8) is 0 Å². The molecule has 1 aromatic carbocycles. The van der Waals surface area contributed by atoms with E-state index in [-0.39, 0.29) is 42.7 Å². The van der Waals surface area contributed by atoms with Crippen LogP contribution in [0.25, 0.3) is 10.9 Å². The van der Waals surface area contributed by atoms with Gasteiger partial charge in [-0.05, 0) is 44.4 Å². The third kappa shape index (κ3) is 4.86. The molecule has 1 amide bonds. The van der Waals surface area contributed by atoms with Crippen LogP contribution in [0.2, 0.25) is 0 Å². The molecule has 7 nitrogen and oxygen atoms in total. The van der Waals surface area contributed by atoms with Crippen molar-refractivity contribution in [2.75, 3.05) is 13.7 Å². The first kappa shape index (κ1) is 25.8. The number of aromatic nitrogens is 1. The minimum atomic E-state index is -1.07. The summed E-state index contributed by atoms with van der Waals surface area (Å²) in [6.07, 6.45) is 6.60. The lowest BCUT2D eigenvalue weighted by Gasteiger charge is -2.35. The molecular formula is C28H33FN2O5. The molecule has 0 bridgehead atoms. The predicted octanol–water partition coefficient (Wildman–Crippen LogP) is 4.93. The maximum absolute atomic E-state index is 14.0. The van der Waals surface area contributed by atoms with E-state index < -0.39 is 23.4 Å². The number of halogens is 1. The van der Waals surface area contributed by atoms with Crippen molar-refractivity contribution in [2.24, 2.45) is 5.92 Å². The Morgan fingerprint density at radius 3 is 2.86 bits per heavy atom. The van der Waals surface area contributed by atoms with Crippen LogP contribution in [-0.2, 0) is 14.3 Å². The number of rotatable bonds is 8. The van der Waals surface area contributed by atoms with Gasteiger partial charge >= 0.3 is 5.97 Å². The first-order valence-electron chi connectivity index (χ1n) is 12.5. The summed E-state index contributed by atoms with van der Waals surface area (Å²) >= 11 is 0. The zero-order valence-electron chi connectivity index (χ0n) is 21.1. The first-order valence-corrected chi connectivity index (χ1v) is 12.5. The van der Waals surface area contributed by atoms with Gasteiger partial charge in [-0.1, -0.05) is 25.8 Å². The third-order valence-corrected chi connectivity index (χ3v) is 7.28. The SMILES string of the molecule is C=CCCCCC[C@H](C)C(=O)N1C[C@]2(CC(=O)c3c(c(C)nc4ccc(F)cc34)O2)C[C@H]1C(=O)OC. The number of fused-ring (bicyclic) bond motifs is 3. The van der Waals surface area contributed by atoms with Gasteiger partial charge in [0.1, 0.15) is 17.5 Å². The lowest BCUT2D eigenvalue weighted by atomic mass is 9.86. The second kappa shape index (κ2) is 10.4. The number of unbranched alkanes of at least 4 members (excludes halogenated alkanes) is 3. The molecule has 2 aromatic rings. The number of ketones is 1. The largest absolute Gasteiger partial charge is 0.482 e. The van der Waals surface area contributed by atoms with Gasteiger partial charge in [0.25, 0.3) is 0 Å². The van der Waals surface area contributed by atoms with Crippen LogP contribution in [0.4, 0.5) is 4.39 Å². The van der Waals surface area contributed by atoms with E-state index in [2.05, 4.69) is 11.6 Å². The van der Waals surface area contributed by atoms with Crippen LogP contribution in [0.3, 0.4) is 0 Å². The van der Waals surface area contributed by atoms with Crippen LogP contribution in [0.5, 0.6) is 5.75 Å². The molecule has 1 saturated heterocycles. The topological polar surface area (TPSA) is 85.8 Å². The maximum atomic E-state index is 14.0. The van der Waals surface area contributed by atoms with E-state index in [0.29, 0.717) is 28.6 Å². The second-order valence-corrected chi connectivity index (χ2v) is 9.98. The standard InChI is InChI=1S/C28H33FN2O5/c1-5-6-7-8-9-10-17(2)26(33)31-16-28(14-22(31)27(34)35-4)15-23(32)24-20-13-19(29)11-12-21(20)30-18(3)25(24)36-28/h5,11-13,17,22H,1,6-10,14-16H2,2-4H3/t17-,22-,28+/m0/s1. The van der Waals surface area contributed by atoms with Gasteiger partial charge < -0.3 is 14.4 Å². The van der Waals surface area contributed by atoms with E-state index in [0.717, 1.165) is 25.7 Å². The Labute approximate surface area is 210 Å². The fourth-order valence-electron chi connectivity index (χ4n) is 5.43. The van der Waals surface area contributed by atoms with Gasteiger partial charge in [-0.2, -0.15) is 0 Å². The van der Waals surface area contributed by atoms with Gasteiger partial charge in [-0.3, -0.25) is 9.59 Å². The highest BCUT2D eigenvalue weighted by Gasteiger charge is 2.55. The Balaban J connectivity index is 1.61. The molecule has 8 heteroatoms.